The van der Waals surface area contributed by atoms with Gasteiger partial charge in [-0.25, -0.2) is 8.42 Å². The monoisotopic (exact) mass is 461 g/mol. The van der Waals surface area contributed by atoms with Gasteiger partial charge in [-0.2, -0.15) is 4.31 Å². The molecule has 8 nitrogen and oxygen atoms in total. The highest BCUT2D eigenvalue weighted by Gasteiger charge is 2.32. The van der Waals surface area contributed by atoms with Crippen molar-refractivity contribution in [2.45, 2.75) is 24.3 Å². The van der Waals surface area contributed by atoms with Crippen molar-refractivity contribution in [2.24, 2.45) is 0 Å². The number of rotatable bonds is 5. The summed E-state index contributed by atoms with van der Waals surface area (Å²) in [6, 6.07) is 8.32. The maximum absolute atomic E-state index is 13.1. The third-order valence-corrected chi connectivity index (χ3v) is 7.99. The largest absolute Gasteiger partial charge is 0.478 e. The third kappa shape index (κ3) is 4.51. The predicted molar refractivity (Wildman–Crippen MR) is 118 cm³/mol. The molecule has 2 aromatic rings. The fourth-order valence-electron chi connectivity index (χ4n) is 3.50. The van der Waals surface area contributed by atoms with Crippen LogP contribution < -0.4 is 10.1 Å². The maximum atomic E-state index is 13.1. The molecule has 1 unspecified atom stereocenters. The molecule has 2 aliphatic rings. The summed E-state index contributed by atoms with van der Waals surface area (Å²) >= 11 is 1.54. The quantitative estimate of drug-likeness (QED) is 0.690. The molecule has 1 fully saturated rings. The Bertz CT molecular complexity index is 1100. The Labute approximate surface area is 185 Å². The fourth-order valence-corrected chi connectivity index (χ4v) is 5.57. The zero-order valence-corrected chi connectivity index (χ0v) is 18.6. The van der Waals surface area contributed by atoms with E-state index in [1.54, 1.807) is 28.4 Å². The smallest absolute Gasteiger partial charge is 0.265 e. The minimum absolute atomic E-state index is 0.0856. The van der Waals surface area contributed by atoms with Crippen molar-refractivity contribution < 1.29 is 22.7 Å². The first kappa shape index (κ1) is 21.5. The Morgan fingerprint density at radius 2 is 2.03 bits per heavy atom. The van der Waals surface area contributed by atoms with Crippen LogP contribution in [0, 0.1) is 0 Å². The zero-order valence-electron chi connectivity index (χ0n) is 17.0. The average Bonchev–Trinajstić information content (AvgIpc) is 3.30. The van der Waals surface area contributed by atoms with E-state index >= 15 is 0 Å². The van der Waals surface area contributed by atoms with E-state index < -0.39 is 16.1 Å². The molecule has 1 saturated heterocycles. The molecular formula is C21H23N3O5S2. The van der Waals surface area contributed by atoms with Crippen molar-refractivity contribution in [3.8, 4) is 5.75 Å². The van der Waals surface area contributed by atoms with E-state index in [1.807, 2.05) is 24.4 Å². The summed E-state index contributed by atoms with van der Waals surface area (Å²) in [4.78, 5) is 27.1. The van der Waals surface area contributed by atoms with E-state index in [0.29, 0.717) is 30.9 Å². The second-order valence-electron chi connectivity index (χ2n) is 7.24. The lowest BCUT2D eigenvalue weighted by atomic mass is 10.2. The Hall–Kier alpha value is -2.69. The van der Waals surface area contributed by atoms with Crippen LogP contribution in [0.5, 0.6) is 5.75 Å². The van der Waals surface area contributed by atoms with Gasteiger partial charge in [0.2, 0.25) is 15.9 Å². The molecule has 1 aromatic heterocycles. The van der Waals surface area contributed by atoms with Crippen LogP contribution in [0.3, 0.4) is 0 Å². The number of hydrogen-bond donors (Lipinski definition) is 1. The number of ether oxygens (including phenoxy) is 1. The van der Waals surface area contributed by atoms with E-state index in [9.17, 15) is 18.0 Å². The molecule has 0 radical (unpaired) electrons. The van der Waals surface area contributed by atoms with Gasteiger partial charge in [0.1, 0.15) is 5.75 Å². The number of sulfonamides is 1. The summed E-state index contributed by atoms with van der Waals surface area (Å²) < 4.78 is 33.2. The summed E-state index contributed by atoms with van der Waals surface area (Å²) in [6.45, 7) is 2.89. The van der Waals surface area contributed by atoms with Gasteiger partial charge in [0.25, 0.3) is 5.91 Å². The van der Waals surface area contributed by atoms with E-state index in [-0.39, 0.29) is 29.8 Å². The second kappa shape index (κ2) is 8.81. The van der Waals surface area contributed by atoms with Gasteiger partial charge in [-0.1, -0.05) is 13.0 Å². The number of nitrogens with zero attached hydrogens (tertiary/aromatic N) is 2. The van der Waals surface area contributed by atoms with Crippen LogP contribution in [-0.2, 0) is 19.6 Å². The van der Waals surface area contributed by atoms with E-state index in [1.165, 1.54) is 22.5 Å². The number of carbonyl (C=O) groups is 2. The van der Waals surface area contributed by atoms with Crippen LogP contribution in [-0.4, -0.2) is 61.7 Å². The van der Waals surface area contributed by atoms with Crippen molar-refractivity contribution in [3.05, 3.63) is 46.7 Å². The summed E-state index contributed by atoms with van der Waals surface area (Å²) in [7, 11) is -3.76. The van der Waals surface area contributed by atoms with Crippen molar-refractivity contribution in [1.29, 1.82) is 0 Å². The molecule has 3 heterocycles. The van der Waals surface area contributed by atoms with Gasteiger partial charge >= 0.3 is 0 Å². The highest BCUT2D eigenvalue weighted by atomic mass is 32.2. The number of hydrogen-bond acceptors (Lipinski definition) is 6. The number of piperazine rings is 1. The number of anilines is 1. The van der Waals surface area contributed by atoms with Gasteiger partial charge < -0.3 is 15.0 Å². The molecule has 2 aliphatic heterocycles. The molecule has 0 aliphatic carbocycles. The molecular weight excluding hydrogens is 438 g/mol. The maximum Gasteiger partial charge on any atom is 0.265 e. The number of nitrogens with one attached hydrogen (secondary N) is 1. The first-order valence-corrected chi connectivity index (χ1v) is 12.3. The van der Waals surface area contributed by atoms with Crippen molar-refractivity contribution in [2.75, 3.05) is 31.5 Å². The molecule has 0 saturated carbocycles. The van der Waals surface area contributed by atoms with Crippen molar-refractivity contribution >= 4 is 44.9 Å². The summed E-state index contributed by atoms with van der Waals surface area (Å²) in [5.74, 6) is 0.0372. The number of thiophene rings is 1. The van der Waals surface area contributed by atoms with E-state index in [0.717, 1.165) is 4.88 Å². The van der Waals surface area contributed by atoms with Crippen LogP contribution in [0.25, 0.3) is 6.08 Å². The number of amides is 2. The second-order valence-corrected chi connectivity index (χ2v) is 10.2. The zero-order chi connectivity index (χ0) is 22.0. The lowest BCUT2D eigenvalue weighted by Crippen LogP contribution is -2.50. The standard InChI is InChI=1S/C21H23N3O5S2/c1-2-18-21(26)22-17-14-16(6-7-19(17)29-18)31(27,28)24-11-9-23(10-12-24)20(25)8-5-15-4-3-13-30-15/h3-8,13-14,18H,2,9-12H2,1H3,(H,22,26)/b8-5+. The first-order valence-electron chi connectivity index (χ1n) is 10.0. The molecule has 0 bridgehead atoms. The minimum Gasteiger partial charge on any atom is -0.478 e. The molecule has 1 atom stereocenters. The Kier molecular flexibility index (Phi) is 6.12. The molecule has 0 spiro atoms. The highest BCUT2D eigenvalue weighted by molar-refractivity contribution is 7.89. The molecule has 1 N–H and O–H groups in total. The van der Waals surface area contributed by atoms with E-state index in [4.69, 9.17) is 4.74 Å². The molecule has 31 heavy (non-hydrogen) atoms. The van der Waals surface area contributed by atoms with Crippen LogP contribution in [0.4, 0.5) is 5.69 Å². The number of fused-ring (bicyclic) bond motifs is 1. The van der Waals surface area contributed by atoms with Gasteiger partial charge in [0.05, 0.1) is 10.6 Å². The first-order chi connectivity index (χ1) is 14.9. The molecule has 164 valence electrons. The van der Waals surface area contributed by atoms with Gasteiger partial charge in [-0.15, -0.1) is 11.3 Å². The summed E-state index contributed by atoms with van der Waals surface area (Å²) in [5, 5.41) is 4.66. The fraction of sp³-hybridized carbons (Fsp3) is 0.333. The summed E-state index contributed by atoms with van der Waals surface area (Å²) in [6.07, 6.45) is 3.24. The van der Waals surface area contributed by atoms with Crippen molar-refractivity contribution in [3.63, 3.8) is 0 Å². The van der Waals surface area contributed by atoms with E-state index in [2.05, 4.69) is 5.32 Å². The van der Waals surface area contributed by atoms with Gasteiger partial charge in [-0.3, -0.25) is 9.59 Å². The van der Waals surface area contributed by atoms with Gasteiger partial charge in [-0.05, 0) is 42.1 Å². The third-order valence-electron chi connectivity index (χ3n) is 5.26. The lowest BCUT2D eigenvalue weighted by molar-refractivity contribution is -0.127. The van der Waals surface area contributed by atoms with Crippen LogP contribution in [0.15, 0.2) is 46.7 Å². The van der Waals surface area contributed by atoms with Crippen LogP contribution >= 0.6 is 11.3 Å². The molecule has 1 aromatic carbocycles. The molecule has 4 rings (SSSR count). The van der Waals surface area contributed by atoms with Gasteiger partial charge in [0.15, 0.2) is 6.10 Å². The normalized spacial score (nSPS) is 19.7. The number of benzene rings is 1. The molecule has 10 heteroatoms. The SMILES string of the molecule is CCC1Oc2ccc(S(=O)(=O)N3CCN(C(=O)/C=C/c4cccs4)CC3)cc2NC1=O. The highest BCUT2D eigenvalue weighted by Crippen LogP contribution is 2.33. The Morgan fingerprint density at radius 1 is 1.26 bits per heavy atom. The lowest BCUT2D eigenvalue weighted by Gasteiger charge is -2.33. The molecule has 2 amide bonds. The van der Waals surface area contributed by atoms with Gasteiger partial charge in [0, 0.05) is 37.1 Å². The minimum atomic E-state index is -3.76. The Balaban J connectivity index is 1.42. The topological polar surface area (TPSA) is 96.0 Å². The Morgan fingerprint density at radius 3 is 2.71 bits per heavy atom. The van der Waals surface area contributed by atoms with Crippen molar-refractivity contribution in [1.82, 2.24) is 9.21 Å². The summed E-state index contributed by atoms with van der Waals surface area (Å²) in [5.41, 5.74) is 0.350. The van der Waals surface area contributed by atoms with Crippen LogP contribution in [0.1, 0.15) is 18.2 Å². The predicted octanol–water partition coefficient (Wildman–Crippen LogP) is 2.40. The average molecular weight is 462 g/mol. The number of carbonyl (C=O) groups excluding carboxylic acids is 2. The van der Waals surface area contributed by atoms with Crippen LogP contribution in [0.2, 0.25) is 0 Å².